The molecule has 0 bridgehead atoms. The Hall–Kier alpha value is -2.09. The first kappa shape index (κ1) is 15.8. The Kier molecular flexibility index (Phi) is 4.25. The van der Waals surface area contributed by atoms with Crippen LogP contribution >= 0.6 is 0 Å². The molecule has 1 heterocycles. The number of aromatic nitrogens is 1. The number of nitrogens with zero attached hydrogens (tertiary/aromatic N) is 1. The average molecular weight is 340 g/mol. The highest BCUT2D eigenvalue weighted by molar-refractivity contribution is 7.92. The predicted molar refractivity (Wildman–Crippen MR) is 81.3 cm³/mol. The third-order valence-corrected chi connectivity index (χ3v) is 5.03. The van der Waals surface area contributed by atoms with Gasteiger partial charge in [0.25, 0.3) is 10.0 Å². The molecule has 6 nitrogen and oxygen atoms in total. The summed E-state index contributed by atoms with van der Waals surface area (Å²) in [6.07, 6.45) is 3.93. The zero-order valence-electron chi connectivity index (χ0n) is 12.6. The van der Waals surface area contributed by atoms with Crippen LogP contribution in [0.15, 0.2) is 33.7 Å². The van der Waals surface area contributed by atoms with E-state index in [9.17, 15) is 12.8 Å². The Labute approximate surface area is 133 Å². The second-order valence-corrected chi connectivity index (χ2v) is 7.23. The molecule has 0 aliphatic heterocycles. The number of ether oxygens (including phenoxy) is 1. The Balaban J connectivity index is 1.78. The fourth-order valence-corrected chi connectivity index (χ4v) is 3.54. The van der Waals surface area contributed by atoms with E-state index in [1.54, 1.807) is 6.92 Å². The third kappa shape index (κ3) is 3.64. The van der Waals surface area contributed by atoms with Gasteiger partial charge < -0.3 is 9.26 Å². The first-order valence-electron chi connectivity index (χ1n) is 7.36. The van der Waals surface area contributed by atoms with Gasteiger partial charge in [0.05, 0.1) is 11.0 Å². The van der Waals surface area contributed by atoms with E-state index in [1.807, 2.05) is 0 Å². The molecule has 1 aromatic heterocycles. The number of aryl methyl sites for hydroxylation is 1. The van der Waals surface area contributed by atoms with Crippen LogP contribution in [0.4, 0.5) is 10.2 Å². The lowest BCUT2D eigenvalue weighted by atomic mass is 10.3. The highest BCUT2D eigenvalue weighted by atomic mass is 32.2. The van der Waals surface area contributed by atoms with Gasteiger partial charge in [0.15, 0.2) is 17.4 Å². The molecule has 1 aliphatic rings. The van der Waals surface area contributed by atoms with Gasteiger partial charge in [-0.15, -0.1) is 0 Å². The zero-order valence-corrected chi connectivity index (χ0v) is 13.4. The molecule has 0 unspecified atom stereocenters. The lowest BCUT2D eigenvalue weighted by molar-refractivity contribution is 0.200. The highest BCUT2D eigenvalue weighted by Gasteiger charge is 2.21. The summed E-state index contributed by atoms with van der Waals surface area (Å²) in [5.41, 5.74) is 0. The smallest absolute Gasteiger partial charge is 0.263 e. The maximum absolute atomic E-state index is 14.1. The van der Waals surface area contributed by atoms with Crippen LogP contribution in [0.1, 0.15) is 31.4 Å². The number of benzene rings is 1. The summed E-state index contributed by atoms with van der Waals surface area (Å²) >= 11 is 0. The van der Waals surface area contributed by atoms with Crippen molar-refractivity contribution in [3.8, 4) is 5.75 Å². The average Bonchev–Trinajstić information content (AvgIpc) is 3.12. The van der Waals surface area contributed by atoms with Crippen LogP contribution in [0.25, 0.3) is 0 Å². The molecule has 0 spiro atoms. The van der Waals surface area contributed by atoms with Crippen molar-refractivity contribution >= 4 is 15.8 Å². The number of sulfonamides is 1. The summed E-state index contributed by atoms with van der Waals surface area (Å²) in [5.74, 6) is -0.104. The summed E-state index contributed by atoms with van der Waals surface area (Å²) in [6, 6.07) is 5.03. The molecule has 0 radical (unpaired) electrons. The van der Waals surface area contributed by atoms with Crippen LogP contribution in [-0.4, -0.2) is 19.7 Å². The van der Waals surface area contributed by atoms with Crippen LogP contribution in [0.3, 0.4) is 0 Å². The molecule has 0 saturated heterocycles. The van der Waals surface area contributed by atoms with Crippen molar-refractivity contribution < 1.29 is 22.1 Å². The van der Waals surface area contributed by atoms with E-state index in [-0.39, 0.29) is 22.6 Å². The molecule has 1 aliphatic carbocycles. The summed E-state index contributed by atoms with van der Waals surface area (Å²) in [6.45, 7) is 1.64. The van der Waals surface area contributed by atoms with Gasteiger partial charge in [-0.05, 0) is 50.8 Å². The summed E-state index contributed by atoms with van der Waals surface area (Å²) < 4.78 is 51.2. The molecule has 124 valence electrons. The molecule has 1 fully saturated rings. The van der Waals surface area contributed by atoms with Crippen molar-refractivity contribution in [1.82, 2.24) is 5.16 Å². The fraction of sp³-hybridized carbons (Fsp3) is 0.400. The van der Waals surface area contributed by atoms with E-state index in [0.717, 1.165) is 31.7 Å². The van der Waals surface area contributed by atoms with E-state index in [4.69, 9.17) is 9.26 Å². The summed E-state index contributed by atoms with van der Waals surface area (Å²) in [7, 11) is -3.93. The van der Waals surface area contributed by atoms with Crippen LogP contribution < -0.4 is 9.46 Å². The minimum atomic E-state index is -3.93. The second-order valence-electron chi connectivity index (χ2n) is 5.54. The molecule has 0 atom stereocenters. The first-order chi connectivity index (χ1) is 10.9. The topological polar surface area (TPSA) is 81.4 Å². The third-order valence-electron chi connectivity index (χ3n) is 3.68. The minimum Gasteiger partial charge on any atom is -0.487 e. The fourth-order valence-electron chi connectivity index (χ4n) is 2.54. The van der Waals surface area contributed by atoms with Gasteiger partial charge >= 0.3 is 0 Å². The van der Waals surface area contributed by atoms with Gasteiger partial charge in [0.1, 0.15) is 5.76 Å². The van der Waals surface area contributed by atoms with Crippen LogP contribution in [0.5, 0.6) is 5.75 Å². The Bertz CT molecular complexity index is 798. The minimum absolute atomic E-state index is 0.00295. The Morgan fingerprint density at radius 3 is 2.65 bits per heavy atom. The van der Waals surface area contributed by atoms with Gasteiger partial charge in [-0.2, -0.15) is 0 Å². The van der Waals surface area contributed by atoms with Crippen molar-refractivity contribution in [1.29, 1.82) is 0 Å². The standard InChI is InChI=1S/C15H17FN2O4S/c1-10-8-15(17-22-10)18-23(19,20)12-6-7-14(13(16)9-12)21-11-4-2-3-5-11/h6-9,11H,2-5H2,1H3,(H,17,18). The predicted octanol–water partition coefficient (Wildman–Crippen LogP) is 3.24. The van der Waals surface area contributed by atoms with Crippen molar-refractivity contribution in [2.45, 2.75) is 43.6 Å². The van der Waals surface area contributed by atoms with Crippen molar-refractivity contribution in [2.75, 3.05) is 4.72 Å². The highest BCUT2D eigenvalue weighted by Crippen LogP contribution is 2.28. The van der Waals surface area contributed by atoms with E-state index >= 15 is 0 Å². The maximum atomic E-state index is 14.1. The molecule has 1 N–H and O–H groups in total. The number of anilines is 1. The lowest BCUT2D eigenvalue weighted by Gasteiger charge is -2.14. The van der Waals surface area contributed by atoms with Gasteiger partial charge in [-0.1, -0.05) is 5.16 Å². The molecule has 23 heavy (non-hydrogen) atoms. The molecule has 1 saturated carbocycles. The normalized spacial score (nSPS) is 15.7. The van der Waals surface area contributed by atoms with Crippen LogP contribution in [0.2, 0.25) is 0 Å². The largest absolute Gasteiger partial charge is 0.487 e. The van der Waals surface area contributed by atoms with E-state index in [1.165, 1.54) is 18.2 Å². The van der Waals surface area contributed by atoms with Crippen molar-refractivity contribution in [2.24, 2.45) is 0 Å². The molecule has 3 rings (SSSR count). The molecule has 0 amide bonds. The van der Waals surface area contributed by atoms with Gasteiger partial charge in [-0.3, -0.25) is 4.72 Å². The maximum Gasteiger partial charge on any atom is 0.263 e. The molecule has 8 heteroatoms. The van der Waals surface area contributed by atoms with Gasteiger partial charge in [0.2, 0.25) is 0 Å². The van der Waals surface area contributed by atoms with Crippen molar-refractivity contribution in [3.05, 3.63) is 35.8 Å². The number of rotatable bonds is 5. The Morgan fingerprint density at radius 1 is 1.30 bits per heavy atom. The summed E-state index contributed by atoms with van der Waals surface area (Å²) in [5, 5.41) is 3.55. The quantitative estimate of drug-likeness (QED) is 0.903. The summed E-state index contributed by atoms with van der Waals surface area (Å²) in [4.78, 5) is -0.200. The number of halogens is 1. The molecule has 1 aromatic carbocycles. The van der Waals surface area contributed by atoms with Crippen LogP contribution in [-0.2, 0) is 10.0 Å². The van der Waals surface area contributed by atoms with E-state index in [2.05, 4.69) is 9.88 Å². The zero-order chi connectivity index (χ0) is 16.4. The van der Waals surface area contributed by atoms with E-state index < -0.39 is 15.8 Å². The monoisotopic (exact) mass is 340 g/mol. The number of hydrogen-bond donors (Lipinski definition) is 1. The Morgan fingerprint density at radius 2 is 2.04 bits per heavy atom. The molecule has 2 aromatic rings. The van der Waals surface area contributed by atoms with Gasteiger partial charge in [0, 0.05) is 6.07 Å². The van der Waals surface area contributed by atoms with Gasteiger partial charge in [-0.25, -0.2) is 12.8 Å². The second kappa shape index (κ2) is 6.19. The first-order valence-corrected chi connectivity index (χ1v) is 8.85. The number of hydrogen-bond acceptors (Lipinski definition) is 5. The SMILES string of the molecule is Cc1cc(NS(=O)(=O)c2ccc(OC3CCCC3)c(F)c2)no1. The lowest BCUT2D eigenvalue weighted by Crippen LogP contribution is -2.15. The van der Waals surface area contributed by atoms with E-state index in [0.29, 0.717) is 5.76 Å². The van der Waals surface area contributed by atoms with Crippen molar-refractivity contribution in [3.63, 3.8) is 0 Å². The molecular weight excluding hydrogens is 323 g/mol. The van der Waals surface area contributed by atoms with Crippen LogP contribution in [0, 0.1) is 12.7 Å². The molecular formula is C15H17FN2O4S. The number of nitrogens with one attached hydrogen (secondary N) is 1.